The minimum absolute atomic E-state index is 0.129. The fraction of sp³-hybridized carbons (Fsp3) is 0.214. The average Bonchev–Trinajstić information content (AvgIpc) is 2.45. The van der Waals surface area contributed by atoms with Gasteiger partial charge in [0.2, 0.25) is 5.91 Å². The summed E-state index contributed by atoms with van der Waals surface area (Å²) in [5, 5.41) is 3.18. The molecular formula is C14H15ClN4O2. The third-order valence-electron chi connectivity index (χ3n) is 2.87. The van der Waals surface area contributed by atoms with Crippen LogP contribution in [0.4, 0.5) is 11.4 Å². The Hall–Kier alpha value is -2.34. The van der Waals surface area contributed by atoms with E-state index in [9.17, 15) is 9.59 Å². The molecule has 0 aliphatic heterocycles. The molecular weight excluding hydrogens is 292 g/mol. The van der Waals surface area contributed by atoms with E-state index in [1.807, 2.05) is 0 Å². The molecule has 1 heterocycles. The first-order valence-corrected chi connectivity index (χ1v) is 6.79. The molecule has 0 atom stereocenters. The summed E-state index contributed by atoms with van der Waals surface area (Å²) in [5.41, 5.74) is 6.54. The molecule has 0 unspecified atom stereocenters. The van der Waals surface area contributed by atoms with Crippen LogP contribution in [0.25, 0.3) is 0 Å². The topological polar surface area (TPSA) is 90.0 Å². The van der Waals surface area contributed by atoms with Gasteiger partial charge < -0.3 is 11.1 Å². The number of aromatic nitrogens is 2. The van der Waals surface area contributed by atoms with Crippen LogP contribution in [0, 0.1) is 0 Å². The van der Waals surface area contributed by atoms with Crippen LogP contribution in [0.1, 0.15) is 12.8 Å². The lowest BCUT2D eigenvalue weighted by atomic mass is 10.2. The molecule has 7 heteroatoms. The third kappa shape index (κ3) is 4.32. The summed E-state index contributed by atoms with van der Waals surface area (Å²) in [6, 6.07) is 6.30. The van der Waals surface area contributed by atoms with Crippen LogP contribution in [0.3, 0.4) is 0 Å². The third-order valence-corrected chi connectivity index (χ3v) is 3.22. The number of nitrogen functional groups attached to an aromatic ring is 1. The lowest BCUT2D eigenvalue weighted by Gasteiger charge is -2.07. The number of benzene rings is 1. The van der Waals surface area contributed by atoms with Gasteiger partial charge in [-0.25, -0.2) is 4.98 Å². The van der Waals surface area contributed by atoms with Crippen LogP contribution in [-0.4, -0.2) is 15.5 Å². The average molecular weight is 307 g/mol. The van der Waals surface area contributed by atoms with E-state index >= 15 is 0 Å². The van der Waals surface area contributed by atoms with Crippen molar-refractivity contribution < 1.29 is 4.79 Å². The highest BCUT2D eigenvalue weighted by atomic mass is 35.5. The summed E-state index contributed by atoms with van der Waals surface area (Å²) in [4.78, 5) is 27.1. The normalized spacial score (nSPS) is 10.3. The molecule has 0 saturated heterocycles. The molecule has 6 nitrogen and oxygen atoms in total. The van der Waals surface area contributed by atoms with Crippen molar-refractivity contribution in [3.05, 3.63) is 52.2 Å². The maximum Gasteiger partial charge on any atom is 0.253 e. The molecule has 21 heavy (non-hydrogen) atoms. The number of carbonyl (C=O) groups excluding carboxylic acids is 1. The van der Waals surface area contributed by atoms with E-state index in [-0.39, 0.29) is 11.5 Å². The zero-order valence-corrected chi connectivity index (χ0v) is 12.0. The molecule has 0 aliphatic rings. The quantitative estimate of drug-likeness (QED) is 0.826. The lowest BCUT2D eigenvalue weighted by molar-refractivity contribution is -0.116. The van der Waals surface area contributed by atoms with E-state index in [2.05, 4.69) is 10.3 Å². The Morgan fingerprint density at radius 3 is 2.90 bits per heavy atom. The summed E-state index contributed by atoms with van der Waals surface area (Å²) in [6.07, 6.45) is 3.74. The molecule has 0 saturated carbocycles. The Bertz CT molecular complexity index is 699. The van der Waals surface area contributed by atoms with Gasteiger partial charge in [0.15, 0.2) is 0 Å². The molecule has 0 spiro atoms. The van der Waals surface area contributed by atoms with Crippen molar-refractivity contribution in [1.82, 2.24) is 9.55 Å². The molecule has 110 valence electrons. The van der Waals surface area contributed by atoms with Crippen molar-refractivity contribution in [2.75, 3.05) is 11.1 Å². The number of hydrogen-bond donors (Lipinski definition) is 2. The summed E-state index contributed by atoms with van der Waals surface area (Å²) in [7, 11) is 0. The molecule has 2 aromatic rings. The van der Waals surface area contributed by atoms with Crippen LogP contribution < -0.4 is 16.6 Å². The maximum absolute atomic E-state index is 11.8. The van der Waals surface area contributed by atoms with E-state index in [0.717, 1.165) is 0 Å². The minimum Gasteiger partial charge on any atom is -0.397 e. The van der Waals surface area contributed by atoms with Gasteiger partial charge in [-0.05, 0) is 24.6 Å². The number of hydrogen-bond acceptors (Lipinski definition) is 4. The Kier molecular flexibility index (Phi) is 4.94. The molecule has 0 fully saturated rings. The van der Waals surface area contributed by atoms with Gasteiger partial charge >= 0.3 is 0 Å². The fourth-order valence-electron chi connectivity index (χ4n) is 1.80. The first kappa shape index (κ1) is 15.1. The van der Waals surface area contributed by atoms with E-state index < -0.39 is 0 Å². The number of nitrogens with zero attached hydrogens (tertiary/aromatic N) is 2. The van der Waals surface area contributed by atoms with E-state index in [1.165, 1.54) is 23.2 Å². The Morgan fingerprint density at radius 2 is 2.19 bits per heavy atom. The molecule has 0 radical (unpaired) electrons. The van der Waals surface area contributed by atoms with Gasteiger partial charge in [0.25, 0.3) is 5.56 Å². The number of nitrogens with two attached hydrogens (primary N) is 1. The van der Waals surface area contributed by atoms with E-state index in [0.29, 0.717) is 35.8 Å². The van der Waals surface area contributed by atoms with Gasteiger partial charge in [-0.15, -0.1) is 0 Å². The van der Waals surface area contributed by atoms with Crippen molar-refractivity contribution in [3.8, 4) is 0 Å². The molecule has 3 N–H and O–H groups in total. The molecule has 1 aromatic heterocycles. The second-order valence-electron chi connectivity index (χ2n) is 4.50. The predicted molar refractivity (Wildman–Crippen MR) is 82.2 cm³/mol. The number of nitrogens with one attached hydrogen (secondary N) is 1. The minimum atomic E-state index is -0.145. The summed E-state index contributed by atoms with van der Waals surface area (Å²) >= 11 is 5.81. The second kappa shape index (κ2) is 6.90. The van der Waals surface area contributed by atoms with Crippen LogP contribution in [0.15, 0.2) is 41.6 Å². The molecule has 1 amide bonds. The largest absolute Gasteiger partial charge is 0.397 e. The fourth-order valence-corrected chi connectivity index (χ4v) is 1.92. The van der Waals surface area contributed by atoms with Gasteiger partial charge in [-0.2, -0.15) is 0 Å². The first-order valence-electron chi connectivity index (χ1n) is 6.41. The van der Waals surface area contributed by atoms with Gasteiger partial charge in [-0.1, -0.05) is 11.6 Å². The Balaban J connectivity index is 1.84. The number of rotatable bonds is 5. The standard InChI is InChI=1S/C14H15ClN4O2/c15-11-4-3-10(8-12(11)16)18-13(20)2-1-7-19-9-17-6-5-14(19)21/h3-6,8-9H,1-2,7,16H2,(H,18,20). The summed E-state index contributed by atoms with van der Waals surface area (Å²) < 4.78 is 1.47. The maximum atomic E-state index is 11.8. The molecule has 2 rings (SSSR count). The van der Waals surface area contributed by atoms with Gasteiger partial charge in [0.05, 0.1) is 17.0 Å². The molecule has 0 bridgehead atoms. The number of anilines is 2. The van der Waals surface area contributed by atoms with E-state index in [4.69, 9.17) is 17.3 Å². The van der Waals surface area contributed by atoms with Crippen molar-refractivity contribution in [2.45, 2.75) is 19.4 Å². The van der Waals surface area contributed by atoms with Crippen molar-refractivity contribution >= 4 is 28.9 Å². The van der Waals surface area contributed by atoms with Gasteiger partial charge in [0, 0.05) is 30.9 Å². The number of aryl methyl sites for hydroxylation is 1. The van der Waals surface area contributed by atoms with Crippen LogP contribution >= 0.6 is 11.6 Å². The highest BCUT2D eigenvalue weighted by Crippen LogP contribution is 2.22. The molecule has 1 aromatic carbocycles. The predicted octanol–water partition coefficient (Wildman–Crippen LogP) is 1.90. The van der Waals surface area contributed by atoms with Crippen molar-refractivity contribution in [3.63, 3.8) is 0 Å². The highest BCUT2D eigenvalue weighted by Gasteiger charge is 2.04. The molecule has 0 aliphatic carbocycles. The summed E-state index contributed by atoms with van der Waals surface area (Å²) in [5.74, 6) is -0.145. The Labute approximate surface area is 126 Å². The van der Waals surface area contributed by atoms with Crippen molar-refractivity contribution in [2.24, 2.45) is 0 Å². The zero-order valence-electron chi connectivity index (χ0n) is 11.3. The monoisotopic (exact) mass is 306 g/mol. The van der Waals surface area contributed by atoms with E-state index in [1.54, 1.807) is 18.2 Å². The Morgan fingerprint density at radius 1 is 1.38 bits per heavy atom. The smallest absolute Gasteiger partial charge is 0.253 e. The SMILES string of the molecule is Nc1cc(NC(=O)CCCn2cnccc2=O)ccc1Cl. The second-order valence-corrected chi connectivity index (χ2v) is 4.91. The lowest BCUT2D eigenvalue weighted by Crippen LogP contribution is -2.20. The van der Waals surface area contributed by atoms with Gasteiger partial charge in [-0.3, -0.25) is 14.2 Å². The van der Waals surface area contributed by atoms with Gasteiger partial charge in [0.1, 0.15) is 0 Å². The first-order chi connectivity index (χ1) is 10.1. The van der Waals surface area contributed by atoms with Crippen molar-refractivity contribution in [1.29, 1.82) is 0 Å². The van der Waals surface area contributed by atoms with Crippen LogP contribution in [0.2, 0.25) is 5.02 Å². The summed E-state index contributed by atoms with van der Waals surface area (Å²) in [6.45, 7) is 0.447. The number of halogens is 1. The van der Waals surface area contributed by atoms with Crippen LogP contribution in [-0.2, 0) is 11.3 Å². The zero-order chi connectivity index (χ0) is 15.2. The number of amides is 1. The highest BCUT2D eigenvalue weighted by molar-refractivity contribution is 6.33. The van der Waals surface area contributed by atoms with Crippen LogP contribution in [0.5, 0.6) is 0 Å². The number of carbonyl (C=O) groups is 1.